The third-order valence-corrected chi connectivity index (χ3v) is 2.98. The maximum Gasteiger partial charge on any atom is 0.151 e. The third-order valence-electron chi connectivity index (χ3n) is 1.95. The SMILES string of the molecule is N#Cc1csc2c(C=O)ccc(F)c12. The number of benzene rings is 1. The number of hydrogen-bond acceptors (Lipinski definition) is 3. The van der Waals surface area contributed by atoms with Crippen LogP contribution in [0.4, 0.5) is 4.39 Å². The average molecular weight is 205 g/mol. The number of nitrogens with zero attached hydrogens (tertiary/aromatic N) is 1. The molecule has 0 unspecified atom stereocenters. The molecule has 0 N–H and O–H groups in total. The van der Waals surface area contributed by atoms with Gasteiger partial charge in [0.05, 0.1) is 5.56 Å². The maximum atomic E-state index is 13.3. The highest BCUT2D eigenvalue weighted by molar-refractivity contribution is 7.17. The first-order valence-electron chi connectivity index (χ1n) is 3.83. The second-order valence-electron chi connectivity index (χ2n) is 2.72. The van der Waals surface area contributed by atoms with E-state index in [-0.39, 0.29) is 10.9 Å². The van der Waals surface area contributed by atoms with E-state index in [1.807, 2.05) is 6.07 Å². The Morgan fingerprint density at radius 2 is 2.29 bits per heavy atom. The lowest BCUT2D eigenvalue weighted by atomic mass is 10.1. The summed E-state index contributed by atoms with van der Waals surface area (Å²) in [6.07, 6.45) is 0.666. The molecule has 0 radical (unpaired) electrons. The molecule has 2 aromatic rings. The van der Waals surface area contributed by atoms with Crippen molar-refractivity contribution in [3.8, 4) is 6.07 Å². The van der Waals surface area contributed by atoms with E-state index in [0.29, 0.717) is 16.5 Å². The van der Waals surface area contributed by atoms with Crippen LogP contribution in [0.3, 0.4) is 0 Å². The number of thiophene rings is 1. The molecule has 0 amide bonds. The number of aldehydes is 1. The van der Waals surface area contributed by atoms with Crippen molar-refractivity contribution in [1.82, 2.24) is 0 Å². The largest absolute Gasteiger partial charge is 0.298 e. The van der Waals surface area contributed by atoms with Crippen molar-refractivity contribution in [2.75, 3.05) is 0 Å². The average Bonchev–Trinajstić information content (AvgIpc) is 2.63. The van der Waals surface area contributed by atoms with Gasteiger partial charge in [0.1, 0.15) is 11.9 Å². The van der Waals surface area contributed by atoms with E-state index >= 15 is 0 Å². The fraction of sp³-hybridized carbons (Fsp3) is 0. The monoisotopic (exact) mass is 205 g/mol. The molecule has 2 rings (SSSR count). The highest BCUT2D eigenvalue weighted by Gasteiger charge is 2.11. The van der Waals surface area contributed by atoms with Crippen LogP contribution >= 0.6 is 11.3 Å². The van der Waals surface area contributed by atoms with Gasteiger partial charge in [-0.2, -0.15) is 5.26 Å². The van der Waals surface area contributed by atoms with Gasteiger partial charge in [0, 0.05) is 21.0 Å². The van der Waals surface area contributed by atoms with E-state index in [4.69, 9.17) is 5.26 Å². The van der Waals surface area contributed by atoms with Gasteiger partial charge in [-0.15, -0.1) is 11.3 Å². The van der Waals surface area contributed by atoms with Crippen molar-refractivity contribution in [2.45, 2.75) is 0 Å². The zero-order valence-electron chi connectivity index (χ0n) is 6.95. The van der Waals surface area contributed by atoms with Gasteiger partial charge < -0.3 is 0 Å². The number of nitriles is 1. The summed E-state index contributed by atoms with van der Waals surface area (Å²) in [5, 5.41) is 10.5. The van der Waals surface area contributed by atoms with Crippen molar-refractivity contribution in [3.05, 3.63) is 34.5 Å². The minimum Gasteiger partial charge on any atom is -0.298 e. The number of carbonyl (C=O) groups excluding carboxylic acids is 1. The molecule has 0 saturated heterocycles. The summed E-state index contributed by atoms with van der Waals surface area (Å²) < 4.78 is 13.9. The Kier molecular flexibility index (Phi) is 2.02. The maximum absolute atomic E-state index is 13.3. The predicted octanol–water partition coefficient (Wildman–Crippen LogP) is 2.72. The Morgan fingerprint density at radius 3 is 2.93 bits per heavy atom. The number of fused-ring (bicyclic) bond motifs is 1. The first-order chi connectivity index (χ1) is 6.77. The Hall–Kier alpha value is -1.73. The van der Waals surface area contributed by atoms with Gasteiger partial charge in [-0.05, 0) is 12.1 Å². The summed E-state index contributed by atoms with van der Waals surface area (Å²) in [5.41, 5.74) is 0.708. The summed E-state index contributed by atoms with van der Waals surface area (Å²) in [6, 6.07) is 4.52. The molecule has 0 aliphatic rings. The molecule has 4 heteroatoms. The molecule has 1 aromatic heterocycles. The minimum atomic E-state index is -0.455. The molecule has 0 aliphatic carbocycles. The Labute approximate surface area is 83.2 Å². The molecule has 0 bridgehead atoms. The fourth-order valence-corrected chi connectivity index (χ4v) is 2.29. The van der Waals surface area contributed by atoms with Crippen LogP contribution in [0.25, 0.3) is 10.1 Å². The van der Waals surface area contributed by atoms with Gasteiger partial charge in [0.2, 0.25) is 0 Å². The molecule has 68 valence electrons. The summed E-state index contributed by atoms with van der Waals surface area (Å²) in [6.45, 7) is 0. The summed E-state index contributed by atoms with van der Waals surface area (Å²) in [5.74, 6) is -0.455. The fourth-order valence-electron chi connectivity index (χ4n) is 1.30. The van der Waals surface area contributed by atoms with Gasteiger partial charge in [0.15, 0.2) is 6.29 Å². The lowest BCUT2D eigenvalue weighted by Crippen LogP contribution is -1.84. The standard InChI is InChI=1S/C10H4FNOS/c11-8-2-1-6(4-13)10-9(8)7(3-12)5-14-10/h1-2,4-5H. The van der Waals surface area contributed by atoms with E-state index in [0.717, 1.165) is 0 Å². The third kappa shape index (κ3) is 1.10. The molecule has 0 fully saturated rings. The van der Waals surface area contributed by atoms with Crippen LogP contribution in [0.1, 0.15) is 15.9 Å². The van der Waals surface area contributed by atoms with Crippen LogP contribution < -0.4 is 0 Å². The van der Waals surface area contributed by atoms with Gasteiger partial charge in [-0.3, -0.25) is 4.79 Å². The number of hydrogen-bond donors (Lipinski definition) is 0. The zero-order valence-corrected chi connectivity index (χ0v) is 7.77. The Bertz CT molecular complexity index is 553. The highest BCUT2D eigenvalue weighted by atomic mass is 32.1. The van der Waals surface area contributed by atoms with Crippen molar-refractivity contribution in [3.63, 3.8) is 0 Å². The minimum absolute atomic E-state index is 0.252. The first-order valence-corrected chi connectivity index (χ1v) is 4.71. The van der Waals surface area contributed by atoms with Crippen LogP contribution in [0.15, 0.2) is 17.5 Å². The van der Waals surface area contributed by atoms with Crippen molar-refractivity contribution >= 4 is 27.7 Å². The second kappa shape index (κ2) is 3.20. The van der Waals surface area contributed by atoms with Crippen LogP contribution in [-0.2, 0) is 0 Å². The van der Waals surface area contributed by atoms with Gasteiger partial charge in [-0.25, -0.2) is 4.39 Å². The van der Waals surface area contributed by atoms with Crippen molar-refractivity contribution in [2.24, 2.45) is 0 Å². The lowest BCUT2D eigenvalue weighted by molar-refractivity contribution is 0.112. The quantitative estimate of drug-likeness (QED) is 0.671. The van der Waals surface area contributed by atoms with E-state index < -0.39 is 5.82 Å². The lowest BCUT2D eigenvalue weighted by Gasteiger charge is -1.95. The van der Waals surface area contributed by atoms with E-state index in [1.54, 1.807) is 5.38 Å². The summed E-state index contributed by atoms with van der Waals surface area (Å²) >= 11 is 1.21. The molecular formula is C10H4FNOS. The molecule has 1 heterocycles. The number of halogens is 1. The topological polar surface area (TPSA) is 40.9 Å². The smallest absolute Gasteiger partial charge is 0.151 e. The van der Waals surface area contributed by atoms with Gasteiger partial charge in [0.25, 0.3) is 0 Å². The molecular weight excluding hydrogens is 201 g/mol. The van der Waals surface area contributed by atoms with E-state index in [1.165, 1.54) is 23.5 Å². The van der Waals surface area contributed by atoms with Crippen LogP contribution in [0.2, 0.25) is 0 Å². The number of rotatable bonds is 1. The zero-order chi connectivity index (χ0) is 10.1. The van der Waals surface area contributed by atoms with Gasteiger partial charge in [-0.1, -0.05) is 0 Å². The summed E-state index contributed by atoms with van der Waals surface area (Å²) in [4.78, 5) is 10.6. The molecule has 0 saturated carbocycles. The summed E-state index contributed by atoms with van der Waals surface area (Å²) in [7, 11) is 0. The molecule has 0 spiro atoms. The van der Waals surface area contributed by atoms with Crippen LogP contribution in [0, 0.1) is 17.1 Å². The first kappa shape index (κ1) is 8.85. The Morgan fingerprint density at radius 1 is 1.50 bits per heavy atom. The Balaban J connectivity index is 2.95. The molecule has 0 atom stereocenters. The van der Waals surface area contributed by atoms with E-state index in [2.05, 4.69) is 0 Å². The predicted molar refractivity (Wildman–Crippen MR) is 51.9 cm³/mol. The van der Waals surface area contributed by atoms with Gasteiger partial charge >= 0.3 is 0 Å². The number of carbonyl (C=O) groups is 1. The molecule has 14 heavy (non-hydrogen) atoms. The van der Waals surface area contributed by atoms with Crippen LogP contribution in [0.5, 0.6) is 0 Å². The second-order valence-corrected chi connectivity index (χ2v) is 3.60. The van der Waals surface area contributed by atoms with Crippen molar-refractivity contribution in [1.29, 1.82) is 5.26 Å². The van der Waals surface area contributed by atoms with Crippen molar-refractivity contribution < 1.29 is 9.18 Å². The molecule has 0 aliphatic heterocycles. The molecule has 1 aromatic carbocycles. The van der Waals surface area contributed by atoms with Crippen LogP contribution in [-0.4, -0.2) is 6.29 Å². The normalized spacial score (nSPS) is 10.0. The van der Waals surface area contributed by atoms with E-state index in [9.17, 15) is 9.18 Å². The molecule has 2 nitrogen and oxygen atoms in total. The highest BCUT2D eigenvalue weighted by Crippen LogP contribution is 2.30.